The van der Waals surface area contributed by atoms with Gasteiger partial charge in [-0.05, 0) is 48.3 Å². The Morgan fingerprint density at radius 2 is 1.83 bits per heavy atom. The monoisotopic (exact) mass is 566 g/mol. The van der Waals surface area contributed by atoms with Gasteiger partial charge in [0.15, 0.2) is 10.1 Å². The van der Waals surface area contributed by atoms with Crippen LogP contribution in [0.15, 0.2) is 45.0 Å². The largest absolute Gasteiger partial charge is 0.392 e. The van der Waals surface area contributed by atoms with Crippen molar-refractivity contribution in [3.05, 3.63) is 57.1 Å². The summed E-state index contributed by atoms with van der Waals surface area (Å²) in [5, 5.41) is 29.3. The first-order valence-corrected chi connectivity index (χ1v) is 13.0. The van der Waals surface area contributed by atoms with Crippen molar-refractivity contribution in [3.63, 3.8) is 0 Å². The molecule has 4 rings (SSSR count). The van der Waals surface area contributed by atoms with Gasteiger partial charge in [0.05, 0.1) is 27.8 Å². The van der Waals surface area contributed by atoms with Crippen LogP contribution in [0.4, 0.5) is 15.8 Å². The minimum atomic E-state index is -0.434. The molecule has 2 amide bonds. The van der Waals surface area contributed by atoms with Gasteiger partial charge in [0.2, 0.25) is 0 Å². The SMILES string of the molecule is CCN1C(=O)c2cc(C#N)c(N=Nc3sc(N(CC)CC)nc3-c3ccc(CO)cc3)c(Br)c2C1=O. The van der Waals surface area contributed by atoms with E-state index < -0.39 is 11.8 Å². The van der Waals surface area contributed by atoms with Gasteiger partial charge in [-0.3, -0.25) is 14.5 Å². The first-order chi connectivity index (χ1) is 17.4. The van der Waals surface area contributed by atoms with Crippen molar-refractivity contribution in [2.45, 2.75) is 27.4 Å². The molecule has 9 nitrogen and oxygen atoms in total. The number of thiazole rings is 1. The number of aliphatic hydroxyl groups excluding tert-OH is 1. The molecule has 36 heavy (non-hydrogen) atoms. The summed E-state index contributed by atoms with van der Waals surface area (Å²) < 4.78 is 0.261. The number of hydrogen-bond donors (Lipinski definition) is 1. The number of carbonyl (C=O) groups is 2. The summed E-state index contributed by atoms with van der Waals surface area (Å²) in [7, 11) is 0. The molecule has 1 aliphatic heterocycles. The summed E-state index contributed by atoms with van der Waals surface area (Å²) in [6.07, 6.45) is 0. The molecule has 184 valence electrons. The molecule has 2 aromatic carbocycles. The predicted octanol–water partition coefficient (Wildman–Crippen LogP) is 5.81. The summed E-state index contributed by atoms with van der Waals surface area (Å²) >= 11 is 4.77. The van der Waals surface area contributed by atoms with E-state index in [9.17, 15) is 20.0 Å². The van der Waals surface area contributed by atoms with E-state index in [0.29, 0.717) is 10.7 Å². The number of nitrogens with zero attached hydrogens (tertiary/aromatic N) is 6. The summed E-state index contributed by atoms with van der Waals surface area (Å²) in [6.45, 7) is 7.50. The maximum atomic E-state index is 12.8. The van der Waals surface area contributed by atoms with Crippen LogP contribution in [0.5, 0.6) is 0 Å². The van der Waals surface area contributed by atoms with Gasteiger partial charge in [-0.1, -0.05) is 35.6 Å². The van der Waals surface area contributed by atoms with Crippen molar-refractivity contribution in [3.8, 4) is 17.3 Å². The van der Waals surface area contributed by atoms with E-state index in [4.69, 9.17) is 4.98 Å². The van der Waals surface area contributed by atoms with Crippen molar-refractivity contribution in [1.82, 2.24) is 9.88 Å². The Bertz CT molecular complexity index is 1410. The third kappa shape index (κ3) is 4.43. The van der Waals surface area contributed by atoms with E-state index in [0.717, 1.165) is 34.2 Å². The Labute approximate surface area is 220 Å². The van der Waals surface area contributed by atoms with Crippen molar-refractivity contribution in [2.24, 2.45) is 10.2 Å². The lowest BCUT2D eigenvalue weighted by molar-refractivity contribution is 0.0662. The quantitative estimate of drug-likeness (QED) is 0.271. The predicted molar refractivity (Wildman–Crippen MR) is 141 cm³/mol. The molecule has 0 atom stereocenters. The lowest BCUT2D eigenvalue weighted by Crippen LogP contribution is -2.29. The van der Waals surface area contributed by atoms with Gasteiger partial charge in [-0.15, -0.1) is 10.2 Å². The average molecular weight is 567 g/mol. The number of aromatic nitrogens is 1. The van der Waals surface area contributed by atoms with E-state index in [1.54, 1.807) is 6.92 Å². The van der Waals surface area contributed by atoms with Crippen molar-refractivity contribution < 1.29 is 14.7 Å². The Morgan fingerprint density at radius 1 is 1.14 bits per heavy atom. The van der Waals surface area contributed by atoms with Gasteiger partial charge in [0.25, 0.3) is 11.8 Å². The van der Waals surface area contributed by atoms with E-state index in [-0.39, 0.29) is 40.0 Å². The Kier molecular flexibility index (Phi) is 7.59. The minimum Gasteiger partial charge on any atom is -0.392 e. The van der Waals surface area contributed by atoms with Crippen LogP contribution < -0.4 is 4.90 Å². The average Bonchev–Trinajstić information content (AvgIpc) is 3.42. The molecule has 2 heterocycles. The number of amides is 2. The molecule has 0 radical (unpaired) electrons. The zero-order chi connectivity index (χ0) is 26.0. The lowest BCUT2D eigenvalue weighted by atomic mass is 10.0. The van der Waals surface area contributed by atoms with Gasteiger partial charge < -0.3 is 10.0 Å². The van der Waals surface area contributed by atoms with E-state index in [2.05, 4.69) is 37.1 Å². The highest BCUT2D eigenvalue weighted by Crippen LogP contribution is 2.43. The Balaban J connectivity index is 1.83. The number of benzene rings is 2. The maximum Gasteiger partial charge on any atom is 0.262 e. The van der Waals surface area contributed by atoms with Crippen molar-refractivity contribution in [2.75, 3.05) is 24.5 Å². The van der Waals surface area contributed by atoms with Crippen LogP contribution in [0, 0.1) is 11.3 Å². The Morgan fingerprint density at radius 3 is 2.42 bits per heavy atom. The maximum absolute atomic E-state index is 12.8. The molecule has 1 aliphatic rings. The van der Waals surface area contributed by atoms with Crippen LogP contribution in [-0.2, 0) is 6.61 Å². The number of aliphatic hydroxyl groups is 1. The number of rotatable bonds is 8. The molecule has 0 spiro atoms. The van der Waals surface area contributed by atoms with Crippen LogP contribution >= 0.6 is 27.3 Å². The number of azo groups is 1. The zero-order valence-electron chi connectivity index (χ0n) is 19.9. The van der Waals surface area contributed by atoms with Crippen LogP contribution in [0.3, 0.4) is 0 Å². The molecule has 0 unspecified atom stereocenters. The first-order valence-electron chi connectivity index (χ1n) is 11.4. The summed E-state index contributed by atoms with van der Waals surface area (Å²) in [5.74, 6) is -0.866. The fraction of sp³-hybridized carbons (Fsp3) is 0.280. The number of nitriles is 1. The van der Waals surface area contributed by atoms with Crippen molar-refractivity contribution in [1.29, 1.82) is 5.26 Å². The smallest absolute Gasteiger partial charge is 0.262 e. The number of carbonyl (C=O) groups excluding carboxylic acids is 2. The van der Waals surface area contributed by atoms with Gasteiger partial charge in [-0.25, -0.2) is 4.98 Å². The van der Waals surface area contributed by atoms with Gasteiger partial charge in [0.1, 0.15) is 17.5 Å². The molecule has 0 saturated heterocycles. The number of anilines is 1. The van der Waals surface area contributed by atoms with Crippen molar-refractivity contribution >= 4 is 54.9 Å². The van der Waals surface area contributed by atoms with Crippen LogP contribution in [0.2, 0.25) is 0 Å². The fourth-order valence-corrected chi connectivity index (χ4v) is 5.63. The molecular formula is C25H23BrN6O3S. The minimum absolute atomic E-state index is 0.0609. The molecule has 0 aliphatic carbocycles. The van der Waals surface area contributed by atoms with Crippen LogP contribution in [0.25, 0.3) is 11.3 Å². The fourth-order valence-electron chi connectivity index (χ4n) is 3.91. The summed E-state index contributed by atoms with van der Waals surface area (Å²) in [4.78, 5) is 33.5. The number of fused-ring (bicyclic) bond motifs is 1. The summed E-state index contributed by atoms with van der Waals surface area (Å²) in [6, 6.07) is 10.8. The number of halogens is 1. The number of imide groups is 1. The topological polar surface area (TPSA) is 122 Å². The third-order valence-corrected chi connectivity index (χ3v) is 7.67. The van der Waals surface area contributed by atoms with Gasteiger partial charge in [-0.2, -0.15) is 5.26 Å². The zero-order valence-corrected chi connectivity index (χ0v) is 22.4. The molecule has 11 heteroatoms. The van der Waals surface area contributed by atoms with Crippen LogP contribution in [0.1, 0.15) is 52.6 Å². The third-order valence-electron chi connectivity index (χ3n) is 5.89. The van der Waals surface area contributed by atoms with Gasteiger partial charge in [0, 0.05) is 25.2 Å². The van der Waals surface area contributed by atoms with E-state index in [1.165, 1.54) is 17.4 Å². The number of hydrogen-bond acceptors (Lipinski definition) is 9. The van der Waals surface area contributed by atoms with E-state index >= 15 is 0 Å². The molecular weight excluding hydrogens is 544 g/mol. The second kappa shape index (κ2) is 10.7. The summed E-state index contributed by atoms with van der Waals surface area (Å²) in [5.41, 5.74) is 2.87. The highest BCUT2D eigenvalue weighted by molar-refractivity contribution is 9.10. The van der Waals surface area contributed by atoms with E-state index in [1.807, 2.05) is 38.1 Å². The normalized spacial score (nSPS) is 12.9. The molecule has 0 fully saturated rings. The highest BCUT2D eigenvalue weighted by Gasteiger charge is 2.38. The standard InChI is InChI=1S/C25H23BrN6O3S/c1-4-31(5-2)25-28-21(15-9-7-14(13-33)8-10-15)22(36-25)30-29-20-16(12-27)11-17-18(19(20)26)24(35)32(6-3)23(17)34/h7-11,33H,4-6,13H2,1-3H3. The molecule has 0 saturated carbocycles. The van der Waals surface area contributed by atoms with Gasteiger partial charge >= 0.3 is 0 Å². The molecule has 1 N–H and O–H groups in total. The Hall–Kier alpha value is -3.46. The molecule has 1 aromatic heterocycles. The lowest BCUT2D eigenvalue weighted by Gasteiger charge is -2.16. The molecule has 3 aromatic rings. The van der Waals surface area contributed by atoms with Crippen LogP contribution in [-0.4, -0.2) is 46.4 Å². The first kappa shape index (κ1) is 25.6. The highest BCUT2D eigenvalue weighted by atomic mass is 79.9. The second-order valence-electron chi connectivity index (χ2n) is 7.85. The second-order valence-corrected chi connectivity index (χ2v) is 9.60. The molecule has 0 bridgehead atoms.